The van der Waals surface area contributed by atoms with Crippen molar-refractivity contribution in [3.63, 3.8) is 0 Å². The maximum Gasteiger partial charge on any atom is 0.157 e. The Morgan fingerprint density at radius 3 is 2.58 bits per heavy atom. The Labute approximate surface area is 139 Å². The van der Waals surface area contributed by atoms with Crippen LogP contribution in [0.1, 0.15) is 17.7 Å². The average Bonchev–Trinajstić information content (AvgIpc) is 3.07. The lowest BCUT2D eigenvalue weighted by molar-refractivity contribution is 0.288. The topological polar surface area (TPSA) is 73.8 Å². The number of piperazine rings is 1. The van der Waals surface area contributed by atoms with E-state index < -0.39 is 0 Å². The van der Waals surface area contributed by atoms with E-state index in [0.717, 1.165) is 41.5 Å². The normalized spacial score (nSPS) is 22.8. The van der Waals surface area contributed by atoms with Crippen LogP contribution in [0.4, 0.5) is 11.6 Å². The van der Waals surface area contributed by atoms with Crippen LogP contribution in [0.3, 0.4) is 0 Å². The Morgan fingerprint density at radius 1 is 1.00 bits per heavy atom. The molecule has 0 aromatic carbocycles. The number of nitrogens with one attached hydrogen (secondary N) is 1. The van der Waals surface area contributed by atoms with Crippen molar-refractivity contribution in [2.24, 2.45) is 0 Å². The van der Waals surface area contributed by atoms with Crippen LogP contribution in [0.25, 0.3) is 11.0 Å². The molecule has 2 bridgehead atoms. The van der Waals surface area contributed by atoms with E-state index in [9.17, 15) is 0 Å². The third-order valence-electron chi connectivity index (χ3n) is 5.37. The van der Waals surface area contributed by atoms with Crippen LogP contribution in [0.5, 0.6) is 0 Å². The molecule has 1 N–H and O–H groups in total. The van der Waals surface area contributed by atoms with Gasteiger partial charge in [0.05, 0.1) is 17.6 Å². The predicted molar refractivity (Wildman–Crippen MR) is 92.3 cm³/mol. The SMILES string of the molecule is Cc1ncnc(N2CC3CC(C2)N3c2ncnc3cc[nH]c23)c1C. The highest BCUT2D eigenvalue weighted by atomic mass is 15.4. The van der Waals surface area contributed by atoms with Crippen LogP contribution >= 0.6 is 0 Å². The molecule has 0 spiro atoms. The van der Waals surface area contributed by atoms with Crippen molar-refractivity contribution in [3.05, 3.63) is 36.2 Å². The Balaban J connectivity index is 1.45. The van der Waals surface area contributed by atoms with E-state index in [4.69, 9.17) is 0 Å². The van der Waals surface area contributed by atoms with Gasteiger partial charge in [-0.1, -0.05) is 0 Å². The van der Waals surface area contributed by atoms with Gasteiger partial charge in [0.1, 0.15) is 24.0 Å². The summed E-state index contributed by atoms with van der Waals surface area (Å²) < 4.78 is 0. The molecule has 6 rings (SSSR count). The number of nitrogens with zero attached hydrogens (tertiary/aromatic N) is 6. The van der Waals surface area contributed by atoms with Crippen molar-refractivity contribution in [1.82, 2.24) is 24.9 Å². The molecule has 2 unspecified atom stereocenters. The van der Waals surface area contributed by atoms with Gasteiger partial charge >= 0.3 is 0 Å². The van der Waals surface area contributed by atoms with Crippen molar-refractivity contribution < 1.29 is 0 Å². The molecular weight excluding hydrogens is 302 g/mol. The first-order valence-electron chi connectivity index (χ1n) is 8.32. The van der Waals surface area contributed by atoms with E-state index in [1.54, 1.807) is 12.7 Å². The predicted octanol–water partition coefficient (Wildman–Crippen LogP) is 1.83. The molecule has 3 fully saturated rings. The quantitative estimate of drug-likeness (QED) is 0.776. The monoisotopic (exact) mass is 321 g/mol. The van der Waals surface area contributed by atoms with E-state index in [2.05, 4.69) is 41.6 Å². The number of piperidine rings is 1. The second-order valence-electron chi connectivity index (χ2n) is 6.70. The van der Waals surface area contributed by atoms with E-state index in [-0.39, 0.29) is 0 Å². The molecule has 7 nitrogen and oxygen atoms in total. The minimum Gasteiger partial charge on any atom is -0.357 e. The van der Waals surface area contributed by atoms with Gasteiger partial charge in [-0.2, -0.15) is 0 Å². The van der Waals surface area contributed by atoms with Crippen molar-refractivity contribution in [2.75, 3.05) is 22.9 Å². The maximum absolute atomic E-state index is 4.55. The van der Waals surface area contributed by atoms with Gasteiger partial charge in [0.15, 0.2) is 5.82 Å². The molecule has 6 heterocycles. The Kier molecular flexibility index (Phi) is 2.80. The molecule has 24 heavy (non-hydrogen) atoms. The van der Waals surface area contributed by atoms with Crippen LogP contribution in [-0.4, -0.2) is 50.1 Å². The van der Waals surface area contributed by atoms with Crippen LogP contribution in [0, 0.1) is 13.8 Å². The maximum atomic E-state index is 4.55. The summed E-state index contributed by atoms with van der Waals surface area (Å²) in [6.07, 6.45) is 6.47. The van der Waals surface area contributed by atoms with Crippen molar-refractivity contribution in [1.29, 1.82) is 0 Å². The molecule has 0 radical (unpaired) electrons. The zero-order valence-electron chi connectivity index (χ0n) is 13.8. The fourth-order valence-corrected chi connectivity index (χ4v) is 4.03. The minimum atomic E-state index is 0.472. The van der Waals surface area contributed by atoms with Gasteiger partial charge in [0, 0.05) is 30.5 Å². The molecule has 7 heteroatoms. The Hall–Kier alpha value is -2.70. The zero-order valence-corrected chi connectivity index (χ0v) is 13.8. The van der Waals surface area contributed by atoms with E-state index in [0.29, 0.717) is 12.1 Å². The molecule has 3 aromatic rings. The van der Waals surface area contributed by atoms with E-state index in [1.165, 1.54) is 12.0 Å². The number of hydrogen-bond acceptors (Lipinski definition) is 6. The van der Waals surface area contributed by atoms with Crippen molar-refractivity contribution in [2.45, 2.75) is 32.4 Å². The molecule has 2 atom stereocenters. The highest BCUT2D eigenvalue weighted by Crippen LogP contribution is 2.39. The largest absolute Gasteiger partial charge is 0.357 e. The standard InChI is InChI=1S/C17H19N7/c1-10-11(2)19-8-21-16(10)23-6-12-5-13(7-23)24(12)17-15-14(3-4-18-15)20-9-22-17/h3-4,8-9,12-13,18H,5-7H2,1-2H3. The summed E-state index contributed by atoms with van der Waals surface area (Å²) in [7, 11) is 0. The number of rotatable bonds is 2. The highest BCUT2D eigenvalue weighted by molar-refractivity contribution is 5.86. The summed E-state index contributed by atoms with van der Waals surface area (Å²) in [6, 6.07) is 2.94. The molecule has 3 aliphatic rings. The molecular formula is C17H19N7. The van der Waals surface area contributed by atoms with E-state index in [1.807, 2.05) is 19.2 Å². The number of aryl methyl sites for hydroxylation is 1. The average molecular weight is 321 g/mol. The number of aromatic nitrogens is 5. The molecule has 0 amide bonds. The number of aromatic amines is 1. The summed E-state index contributed by atoms with van der Waals surface area (Å²) in [5.41, 5.74) is 4.25. The first-order valence-corrected chi connectivity index (χ1v) is 8.32. The molecule has 3 aromatic heterocycles. The molecule has 3 saturated heterocycles. The summed E-state index contributed by atoms with van der Waals surface area (Å²) in [5, 5.41) is 0. The first-order chi connectivity index (χ1) is 11.7. The number of H-pyrrole nitrogens is 1. The van der Waals surface area contributed by atoms with Gasteiger partial charge in [0.2, 0.25) is 0 Å². The molecule has 122 valence electrons. The first kappa shape index (κ1) is 13.7. The lowest BCUT2D eigenvalue weighted by Gasteiger charge is -2.57. The third kappa shape index (κ3) is 1.84. The number of anilines is 2. The summed E-state index contributed by atoms with van der Waals surface area (Å²) in [5.74, 6) is 2.10. The smallest absolute Gasteiger partial charge is 0.157 e. The summed E-state index contributed by atoms with van der Waals surface area (Å²) in [4.78, 5) is 25.8. The van der Waals surface area contributed by atoms with Crippen LogP contribution in [-0.2, 0) is 0 Å². The Bertz CT molecular complexity index is 906. The lowest BCUT2D eigenvalue weighted by Crippen LogP contribution is -2.69. The second-order valence-corrected chi connectivity index (χ2v) is 6.70. The fraction of sp³-hybridized carbons (Fsp3) is 0.412. The molecule has 3 aliphatic heterocycles. The minimum absolute atomic E-state index is 0.472. The van der Waals surface area contributed by atoms with Crippen molar-refractivity contribution >= 4 is 22.7 Å². The zero-order chi connectivity index (χ0) is 16.3. The van der Waals surface area contributed by atoms with Crippen LogP contribution < -0.4 is 9.80 Å². The van der Waals surface area contributed by atoms with Gasteiger partial charge in [-0.3, -0.25) is 0 Å². The fourth-order valence-electron chi connectivity index (χ4n) is 4.03. The van der Waals surface area contributed by atoms with Crippen molar-refractivity contribution in [3.8, 4) is 0 Å². The Morgan fingerprint density at radius 2 is 1.75 bits per heavy atom. The van der Waals surface area contributed by atoms with Gasteiger partial charge in [-0.15, -0.1) is 0 Å². The van der Waals surface area contributed by atoms with Crippen LogP contribution in [0.2, 0.25) is 0 Å². The number of hydrogen-bond donors (Lipinski definition) is 1. The van der Waals surface area contributed by atoms with Crippen LogP contribution in [0.15, 0.2) is 24.9 Å². The number of fused-ring (bicyclic) bond motifs is 3. The third-order valence-corrected chi connectivity index (χ3v) is 5.37. The second kappa shape index (κ2) is 4.90. The van der Waals surface area contributed by atoms with Gasteiger partial charge in [-0.25, -0.2) is 19.9 Å². The summed E-state index contributed by atoms with van der Waals surface area (Å²) in [6.45, 7) is 6.09. The summed E-state index contributed by atoms with van der Waals surface area (Å²) >= 11 is 0. The van der Waals surface area contributed by atoms with Gasteiger partial charge < -0.3 is 14.8 Å². The van der Waals surface area contributed by atoms with Gasteiger partial charge in [0.25, 0.3) is 0 Å². The molecule has 0 saturated carbocycles. The highest BCUT2D eigenvalue weighted by Gasteiger charge is 2.46. The van der Waals surface area contributed by atoms with Gasteiger partial charge in [-0.05, 0) is 26.3 Å². The molecule has 0 aliphatic carbocycles. The lowest BCUT2D eigenvalue weighted by atomic mass is 9.87. The van der Waals surface area contributed by atoms with E-state index >= 15 is 0 Å².